The number of benzene rings is 2. The summed E-state index contributed by atoms with van der Waals surface area (Å²) >= 11 is 0. The van der Waals surface area contributed by atoms with E-state index in [9.17, 15) is 5.11 Å². The normalized spacial score (nSPS) is 15.7. The van der Waals surface area contributed by atoms with Gasteiger partial charge in [-0.3, -0.25) is 0 Å². The number of aliphatic hydroxyl groups is 1. The van der Waals surface area contributed by atoms with E-state index in [1.54, 1.807) is 0 Å². The fraction of sp³-hybridized carbons (Fsp3) is 0.333. The number of hydrogen-bond donors (Lipinski definition) is 2. The minimum atomic E-state index is -0.549. The Bertz CT molecular complexity index is 493. The quantitative estimate of drug-likeness (QED) is 0.889. The highest BCUT2D eigenvalue weighted by molar-refractivity contribution is 5.27. The van der Waals surface area contributed by atoms with E-state index in [1.807, 2.05) is 50.2 Å². The van der Waals surface area contributed by atoms with Crippen LogP contribution in [0.1, 0.15) is 41.3 Å². The van der Waals surface area contributed by atoms with Gasteiger partial charge in [0, 0.05) is 12.0 Å². The molecular formula is C18H23NO. The Hall–Kier alpha value is -1.64. The van der Waals surface area contributed by atoms with Crippen LogP contribution in [0.25, 0.3) is 0 Å². The van der Waals surface area contributed by atoms with Crippen molar-refractivity contribution in [2.24, 2.45) is 11.7 Å². The maximum absolute atomic E-state index is 10.5. The second kappa shape index (κ2) is 6.21. The van der Waals surface area contributed by atoms with Gasteiger partial charge in [0.1, 0.15) is 0 Å². The van der Waals surface area contributed by atoms with Crippen molar-refractivity contribution in [2.75, 3.05) is 0 Å². The maximum atomic E-state index is 10.5. The van der Waals surface area contributed by atoms with Gasteiger partial charge in [-0.2, -0.15) is 0 Å². The van der Waals surface area contributed by atoms with Crippen LogP contribution in [0.5, 0.6) is 0 Å². The zero-order valence-electron chi connectivity index (χ0n) is 12.4. The minimum Gasteiger partial charge on any atom is -0.388 e. The summed E-state index contributed by atoms with van der Waals surface area (Å²) in [5.41, 5.74) is 10.7. The molecule has 0 bridgehead atoms. The van der Waals surface area contributed by atoms with Crippen LogP contribution < -0.4 is 5.73 Å². The lowest BCUT2D eigenvalue weighted by atomic mass is 9.87. The van der Waals surface area contributed by atoms with Gasteiger partial charge in [-0.05, 0) is 25.0 Å². The minimum absolute atomic E-state index is 0.0413. The van der Waals surface area contributed by atoms with Crippen molar-refractivity contribution in [1.29, 1.82) is 0 Å². The number of aryl methyl sites for hydroxylation is 2. The van der Waals surface area contributed by atoms with E-state index in [4.69, 9.17) is 5.73 Å². The smallest absolute Gasteiger partial charge is 0.0833 e. The monoisotopic (exact) mass is 269 g/mol. The molecule has 0 unspecified atom stereocenters. The van der Waals surface area contributed by atoms with Crippen LogP contribution in [-0.4, -0.2) is 5.11 Å². The van der Waals surface area contributed by atoms with Gasteiger partial charge < -0.3 is 10.8 Å². The molecule has 0 radical (unpaired) electrons. The predicted molar refractivity (Wildman–Crippen MR) is 83.4 cm³/mol. The lowest BCUT2D eigenvalue weighted by Gasteiger charge is -2.26. The van der Waals surface area contributed by atoms with Crippen LogP contribution in [0, 0.1) is 19.8 Å². The average molecular weight is 269 g/mol. The molecule has 2 nitrogen and oxygen atoms in total. The molecule has 0 saturated carbocycles. The highest BCUT2D eigenvalue weighted by Gasteiger charge is 2.23. The van der Waals surface area contributed by atoms with Gasteiger partial charge in [-0.15, -0.1) is 0 Å². The highest BCUT2D eigenvalue weighted by atomic mass is 16.3. The number of hydrogen-bond acceptors (Lipinski definition) is 2. The molecular weight excluding hydrogens is 246 g/mol. The predicted octanol–water partition coefficient (Wildman–Crippen LogP) is 3.67. The van der Waals surface area contributed by atoms with Crippen LogP contribution in [0.4, 0.5) is 0 Å². The number of rotatable bonds is 4. The molecule has 2 aromatic carbocycles. The van der Waals surface area contributed by atoms with E-state index in [0.717, 1.165) is 11.1 Å². The van der Waals surface area contributed by atoms with Crippen molar-refractivity contribution in [1.82, 2.24) is 0 Å². The Kier molecular flexibility index (Phi) is 4.58. The second-order valence-corrected chi connectivity index (χ2v) is 5.65. The van der Waals surface area contributed by atoms with Gasteiger partial charge in [0.2, 0.25) is 0 Å². The van der Waals surface area contributed by atoms with Gasteiger partial charge in [0.15, 0.2) is 0 Å². The summed E-state index contributed by atoms with van der Waals surface area (Å²) in [6, 6.07) is 16.0. The molecule has 2 aromatic rings. The van der Waals surface area contributed by atoms with Gasteiger partial charge in [0.05, 0.1) is 6.10 Å². The third-order valence-electron chi connectivity index (χ3n) is 3.95. The molecule has 0 aliphatic rings. The second-order valence-electron chi connectivity index (χ2n) is 5.65. The molecule has 3 atom stereocenters. The summed E-state index contributed by atoms with van der Waals surface area (Å²) in [6.45, 7) is 6.09. The van der Waals surface area contributed by atoms with E-state index in [1.165, 1.54) is 11.1 Å². The van der Waals surface area contributed by atoms with E-state index in [-0.39, 0.29) is 12.0 Å². The van der Waals surface area contributed by atoms with Crippen molar-refractivity contribution in [3.63, 3.8) is 0 Å². The van der Waals surface area contributed by atoms with Crippen molar-refractivity contribution < 1.29 is 5.11 Å². The molecule has 0 heterocycles. The zero-order chi connectivity index (χ0) is 14.7. The molecule has 20 heavy (non-hydrogen) atoms. The zero-order valence-corrected chi connectivity index (χ0v) is 12.4. The highest BCUT2D eigenvalue weighted by Crippen LogP contribution is 2.31. The van der Waals surface area contributed by atoms with Crippen molar-refractivity contribution in [3.8, 4) is 0 Å². The Labute approximate surface area is 121 Å². The summed E-state index contributed by atoms with van der Waals surface area (Å²) in [4.78, 5) is 0. The third kappa shape index (κ3) is 3.27. The maximum Gasteiger partial charge on any atom is 0.0833 e. The van der Waals surface area contributed by atoms with Gasteiger partial charge in [-0.25, -0.2) is 0 Å². The Morgan fingerprint density at radius 3 is 1.65 bits per heavy atom. The first-order valence-electron chi connectivity index (χ1n) is 7.06. The van der Waals surface area contributed by atoms with Crippen LogP contribution in [0.3, 0.4) is 0 Å². The van der Waals surface area contributed by atoms with Crippen LogP contribution in [-0.2, 0) is 0 Å². The first kappa shape index (κ1) is 14.8. The Balaban J connectivity index is 2.15. The Morgan fingerprint density at radius 2 is 1.20 bits per heavy atom. The van der Waals surface area contributed by atoms with Crippen molar-refractivity contribution >= 4 is 0 Å². The van der Waals surface area contributed by atoms with Gasteiger partial charge in [0.25, 0.3) is 0 Å². The summed E-state index contributed by atoms with van der Waals surface area (Å²) in [5, 5.41) is 10.5. The molecule has 2 heteroatoms. The molecule has 0 amide bonds. The fourth-order valence-corrected chi connectivity index (χ4v) is 2.36. The Morgan fingerprint density at radius 1 is 0.800 bits per heavy atom. The van der Waals surface area contributed by atoms with Crippen molar-refractivity contribution in [3.05, 3.63) is 70.8 Å². The average Bonchev–Trinajstić information content (AvgIpc) is 2.46. The van der Waals surface area contributed by atoms with Crippen LogP contribution >= 0.6 is 0 Å². The lowest BCUT2D eigenvalue weighted by Crippen LogP contribution is -2.24. The van der Waals surface area contributed by atoms with Crippen LogP contribution in [0.15, 0.2) is 48.5 Å². The molecule has 2 rings (SSSR count). The van der Waals surface area contributed by atoms with Gasteiger partial charge in [-0.1, -0.05) is 66.6 Å². The van der Waals surface area contributed by atoms with E-state index < -0.39 is 6.10 Å². The van der Waals surface area contributed by atoms with Crippen molar-refractivity contribution in [2.45, 2.75) is 32.9 Å². The first-order chi connectivity index (χ1) is 9.49. The molecule has 0 aliphatic heterocycles. The number of nitrogens with two attached hydrogens (primary N) is 1. The lowest BCUT2D eigenvalue weighted by molar-refractivity contribution is 0.103. The fourth-order valence-electron chi connectivity index (χ4n) is 2.36. The van der Waals surface area contributed by atoms with Gasteiger partial charge >= 0.3 is 0 Å². The van der Waals surface area contributed by atoms with E-state index >= 15 is 0 Å². The molecule has 0 saturated heterocycles. The third-order valence-corrected chi connectivity index (χ3v) is 3.95. The molecule has 0 spiro atoms. The summed E-state index contributed by atoms with van der Waals surface area (Å²) < 4.78 is 0. The molecule has 106 valence electrons. The largest absolute Gasteiger partial charge is 0.388 e. The summed E-state index contributed by atoms with van der Waals surface area (Å²) in [6.07, 6.45) is -0.549. The standard InChI is InChI=1S/C18H23NO/c1-12-4-8-15(9-5-12)17(19)14(3)18(20)16-10-6-13(2)7-11-16/h4-11,14,17-18,20H,19H2,1-3H3/t14-,17-,18+/m0/s1. The molecule has 3 N–H and O–H groups in total. The van der Waals surface area contributed by atoms with E-state index in [0.29, 0.717) is 0 Å². The number of aliphatic hydroxyl groups excluding tert-OH is 1. The van der Waals surface area contributed by atoms with Crippen LogP contribution in [0.2, 0.25) is 0 Å². The molecule has 0 aromatic heterocycles. The SMILES string of the molecule is Cc1ccc([C@@H](N)[C@H](C)[C@@H](O)c2ccc(C)cc2)cc1. The molecule has 0 aliphatic carbocycles. The summed E-state index contributed by atoms with van der Waals surface area (Å²) in [7, 11) is 0. The topological polar surface area (TPSA) is 46.2 Å². The first-order valence-corrected chi connectivity index (χ1v) is 7.06. The van der Waals surface area contributed by atoms with E-state index in [2.05, 4.69) is 19.1 Å². The molecule has 0 fully saturated rings. The summed E-state index contributed by atoms with van der Waals surface area (Å²) in [5.74, 6) is -0.0413.